The summed E-state index contributed by atoms with van der Waals surface area (Å²) in [5, 5.41) is 0.605. The van der Waals surface area contributed by atoms with Gasteiger partial charge in [0.1, 0.15) is 18.9 Å². The van der Waals surface area contributed by atoms with Crippen LogP contribution in [0.3, 0.4) is 0 Å². The van der Waals surface area contributed by atoms with Gasteiger partial charge in [0.2, 0.25) is 0 Å². The highest BCUT2D eigenvalue weighted by Gasteiger charge is 2.14. The van der Waals surface area contributed by atoms with E-state index in [1.807, 2.05) is 37.3 Å². The zero-order valence-corrected chi connectivity index (χ0v) is 18.8. The largest absolute Gasteiger partial charge is 0.493 e. The summed E-state index contributed by atoms with van der Waals surface area (Å²) in [7, 11) is 1.49. The van der Waals surface area contributed by atoms with Crippen molar-refractivity contribution in [3.63, 3.8) is 0 Å². The van der Waals surface area contributed by atoms with Gasteiger partial charge in [-0.3, -0.25) is 9.20 Å². The number of ether oxygens (including phenoxy) is 3. The maximum Gasteiger partial charge on any atom is 0.338 e. The van der Waals surface area contributed by atoms with Gasteiger partial charge in [-0.2, -0.15) is 0 Å². The van der Waals surface area contributed by atoms with Crippen molar-refractivity contribution in [1.29, 1.82) is 0 Å². The van der Waals surface area contributed by atoms with Crippen molar-refractivity contribution in [2.24, 2.45) is 0 Å². The fourth-order valence-electron chi connectivity index (χ4n) is 3.35. The van der Waals surface area contributed by atoms with Crippen LogP contribution < -0.4 is 15.0 Å². The lowest BCUT2D eigenvalue weighted by Gasteiger charge is -2.13. The Hall–Kier alpha value is -3.84. The number of nitrogens with zero attached hydrogens (tertiary/aromatic N) is 2. The number of carbonyl (C=O) groups excluding carboxylic acids is 1. The molecule has 0 aliphatic heterocycles. The maximum absolute atomic E-state index is 12.6. The lowest BCUT2D eigenvalue weighted by molar-refractivity contribution is 0.0467. The highest BCUT2D eigenvalue weighted by atomic mass is 35.5. The maximum atomic E-state index is 12.6. The number of benzene rings is 2. The topological polar surface area (TPSA) is 79.1 Å². The highest BCUT2D eigenvalue weighted by Crippen LogP contribution is 2.30. The van der Waals surface area contributed by atoms with E-state index in [0.717, 1.165) is 11.3 Å². The van der Waals surface area contributed by atoms with Crippen molar-refractivity contribution in [3.8, 4) is 11.5 Å². The van der Waals surface area contributed by atoms with Crippen LogP contribution in [0.15, 0.2) is 71.5 Å². The minimum absolute atomic E-state index is 0.133. The van der Waals surface area contributed by atoms with Crippen LogP contribution in [0.4, 0.5) is 0 Å². The summed E-state index contributed by atoms with van der Waals surface area (Å²) < 4.78 is 18.1. The number of carbonyl (C=O) groups is 1. The molecule has 0 spiro atoms. The van der Waals surface area contributed by atoms with Crippen LogP contribution in [0.2, 0.25) is 5.02 Å². The van der Waals surface area contributed by atoms with Gasteiger partial charge in [0.05, 0.1) is 18.4 Å². The second-order valence-corrected chi connectivity index (χ2v) is 7.68. The first-order valence-electron chi connectivity index (χ1n) is 10.2. The average molecular weight is 465 g/mol. The van der Waals surface area contributed by atoms with Crippen molar-refractivity contribution in [1.82, 2.24) is 9.38 Å². The van der Waals surface area contributed by atoms with Crippen molar-refractivity contribution in [2.75, 3.05) is 7.11 Å². The third-order valence-electron chi connectivity index (χ3n) is 5.02. The van der Waals surface area contributed by atoms with Gasteiger partial charge in [0.25, 0.3) is 5.56 Å². The highest BCUT2D eigenvalue weighted by molar-refractivity contribution is 6.31. The fraction of sp³-hybridized carbons (Fsp3) is 0.160. The molecule has 0 amide bonds. The lowest BCUT2D eigenvalue weighted by atomic mass is 10.2. The zero-order valence-electron chi connectivity index (χ0n) is 18.1. The molecule has 168 valence electrons. The van der Waals surface area contributed by atoms with Crippen LogP contribution in [-0.2, 0) is 18.0 Å². The van der Waals surface area contributed by atoms with E-state index in [9.17, 15) is 9.59 Å². The summed E-state index contributed by atoms with van der Waals surface area (Å²) in [6.45, 7) is 1.94. The van der Waals surface area contributed by atoms with Crippen LogP contribution in [0.5, 0.6) is 11.5 Å². The van der Waals surface area contributed by atoms with E-state index in [2.05, 4.69) is 4.98 Å². The van der Waals surface area contributed by atoms with Crippen molar-refractivity contribution < 1.29 is 19.0 Å². The van der Waals surface area contributed by atoms with Crippen LogP contribution >= 0.6 is 11.6 Å². The zero-order chi connectivity index (χ0) is 23.4. The number of hydrogen-bond donors (Lipinski definition) is 0. The molecule has 2 heterocycles. The van der Waals surface area contributed by atoms with E-state index in [4.69, 9.17) is 25.8 Å². The molecule has 0 bridgehead atoms. The van der Waals surface area contributed by atoms with Gasteiger partial charge in [0.15, 0.2) is 11.5 Å². The molecule has 4 aromatic rings. The minimum Gasteiger partial charge on any atom is -0.493 e. The molecule has 2 aromatic heterocycles. The van der Waals surface area contributed by atoms with E-state index in [-0.39, 0.29) is 24.3 Å². The van der Waals surface area contributed by atoms with Gasteiger partial charge < -0.3 is 14.2 Å². The second-order valence-electron chi connectivity index (χ2n) is 7.27. The summed E-state index contributed by atoms with van der Waals surface area (Å²) in [5.74, 6) is 0.278. The summed E-state index contributed by atoms with van der Waals surface area (Å²) >= 11 is 6.17. The number of pyridine rings is 1. The summed E-state index contributed by atoms with van der Waals surface area (Å²) in [6.07, 6.45) is 0. The molecule has 0 saturated heterocycles. The monoisotopic (exact) mass is 464 g/mol. The number of esters is 1. The lowest BCUT2D eigenvalue weighted by Crippen LogP contribution is -2.18. The predicted molar refractivity (Wildman–Crippen MR) is 124 cm³/mol. The molecule has 0 aliphatic carbocycles. The predicted octanol–water partition coefficient (Wildman–Crippen LogP) is 4.60. The molecule has 0 fully saturated rings. The summed E-state index contributed by atoms with van der Waals surface area (Å²) in [6, 6.07) is 18.9. The number of aryl methyl sites for hydroxylation is 1. The third kappa shape index (κ3) is 4.99. The fourth-order valence-corrected chi connectivity index (χ4v) is 3.54. The van der Waals surface area contributed by atoms with Crippen molar-refractivity contribution >= 4 is 23.2 Å². The molecule has 2 aromatic carbocycles. The Kier molecular flexibility index (Phi) is 6.60. The van der Waals surface area contributed by atoms with E-state index < -0.39 is 5.97 Å². The Morgan fingerprint density at radius 1 is 1.00 bits per heavy atom. The molecule has 0 atom stereocenters. The molecular formula is C25H21ClN2O5. The van der Waals surface area contributed by atoms with E-state index in [1.165, 1.54) is 23.6 Å². The number of halogens is 1. The number of methoxy groups -OCH3 is 1. The van der Waals surface area contributed by atoms with Crippen molar-refractivity contribution in [3.05, 3.63) is 105 Å². The quantitative estimate of drug-likeness (QED) is 0.372. The number of rotatable bonds is 7. The Bertz CT molecular complexity index is 1380. The summed E-state index contributed by atoms with van der Waals surface area (Å²) in [4.78, 5) is 29.4. The first kappa shape index (κ1) is 22.4. The van der Waals surface area contributed by atoms with Gasteiger partial charge in [-0.05, 0) is 43.3 Å². The third-order valence-corrected chi connectivity index (χ3v) is 5.39. The van der Waals surface area contributed by atoms with Crippen molar-refractivity contribution in [2.45, 2.75) is 20.1 Å². The molecule has 7 nitrogen and oxygen atoms in total. The van der Waals surface area contributed by atoms with E-state index in [1.54, 1.807) is 24.3 Å². The van der Waals surface area contributed by atoms with Gasteiger partial charge in [0, 0.05) is 22.3 Å². The molecule has 0 radical (unpaired) electrons. The molecule has 0 saturated carbocycles. The average Bonchev–Trinajstić information content (AvgIpc) is 2.81. The Balaban J connectivity index is 1.46. The van der Waals surface area contributed by atoms with Crippen LogP contribution in [0.1, 0.15) is 27.3 Å². The standard InChI is InChI=1S/C25H21ClN2O5/c1-16-6-5-9-23-27-19(13-24(29)28(16)23)15-33-25(30)17-10-11-21(22(12-17)31-2)32-14-18-7-3-4-8-20(18)26/h3-13H,14-15H2,1-2H3. The first-order valence-corrected chi connectivity index (χ1v) is 10.5. The Labute approximate surface area is 195 Å². The molecule has 0 aliphatic rings. The van der Waals surface area contributed by atoms with Gasteiger partial charge in [-0.1, -0.05) is 35.9 Å². The first-order chi connectivity index (χ1) is 16.0. The van der Waals surface area contributed by atoms with Gasteiger partial charge >= 0.3 is 5.97 Å². The SMILES string of the molecule is COc1cc(C(=O)OCc2cc(=O)n3c(C)cccc3n2)ccc1OCc1ccccc1Cl. The molecule has 8 heteroatoms. The number of fused-ring (bicyclic) bond motifs is 1. The van der Waals surface area contributed by atoms with E-state index >= 15 is 0 Å². The normalized spacial score (nSPS) is 10.8. The van der Waals surface area contributed by atoms with Crippen LogP contribution in [-0.4, -0.2) is 22.5 Å². The number of hydrogen-bond acceptors (Lipinski definition) is 6. The van der Waals surface area contributed by atoms with Crippen LogP contribution in [0.25, 0.3) is 5.65 Å². The van der Waals surface area contributed by atoms with E-state index in [0.29, 0.717) is 27.9 Å². The second kappa shape index (κ2) is 9.75. The van der Waals surface area contributed by atoms with Crippen LogP contribution in [0, 0.1) is 6.92 Å². The summed E-state index contributed by atoms with van der Waals surface area (Å²) in [5.41, 5.74) is 2.52. The Morgan fingerprint density at radius 3 is 2.61 bits per heavy atom. The number of aromatic nitrogens is 2. The molecule has 33 heavy (non-hydrogen) atoms. The molecular weight excluding hydrogens is 444 g/mol. The van der Waals surface area contributed by atoms with Gasteiger partial charge in [-0.15, -0.1) is 0 Å². The van der Waals surface area contributed by atoms with Gasteiger partial charge in [-0.25, -0.2) is 9.78 Å². The molecule has 4 rings (SSSR count). The Morgan fingerprint density at radius 2 is 1.82 bits per heavy atom. The smallest absolute Gasteiger partial charge is 0.338 e. The molecule has 0 N–H and O–H groups in total. The minimum atomic E-state index is -0.572. The molecule has 0 unspecified atom stereocenters.